The molecule has 45 heavy (non-hydrogen) atoms. The molecule has 0 saturated carbocycles. The molecule has 0 aromatic heterocycles. The summed E-state index contributed by atoms with van der Waals surface area (Å²) in [7, 11) is 1.37. The monoisotopic (exact) mass is 633 g/mol. The molecule has 0 N–H and O–H groups in total. The molecule has 2 aliphatic rings. The first-order valence-corrected chi connectivity index (χ1v) is 14.6. The number of halogens is 6. The van der Waals surface area contributed by atoms with Gasteiger partial charge >= 0.3 is 18.4 Å². The molecule has 3 atom stereocenters. The average Bonchev–Trinajstić information content (AvgIpc) is 3.25. The Kier molecular flexibility index (Phi) is 9.61. The Morgan fingerprint density at radius 3 is 2.07 bits per heavy atom. The highest BCUT2D eigenvalue weighted by molar-refractivity contribution is 5.87. The van der Waals surface area contributed by atoms with E-state index in [0.717, 1.165) is 11.1 Å². The summed E-state index contributed by atoms with van der Waals surface area (Å²) in [5.41, 5.74) is -2.34. The number of aryl methyl sites for hydroxylation is 1. The third-order valence-corrected chi connectivity index (χ3v) is 8.97. The van der Waals surface area contributed by atoms with Crippen molar-refractivity contribution in [3.8, 4) is 0 Å². The van der Waals surface area contributed by atoms with Crippen LogP contribution >= 0.6 is 0 Å². The van der Waals surface area contributed by atoms with E-state index in [1.165, 1.54) is 18.0 Å². The Bertz CT molecular complexity index is 1420. The predicted molar refractivity (Wildman–Crippen MR) is 160 cm³/mol. The first kappa shape index (κ1) is 33.9. The Labute approximate surface area is 259 Å². The number of carbonyl (C=O) groups excluding carboxylic acids is 2. The van der Waals surface area contributed by atoms with Gasteiger partial charge in [-0.3, -0.25) is 4.79 Å². The van der Waals surface area contributed by atoms with Gasteiger partial charge in [0.2, 0.25) is 5.91 Å². The molecule has 0 bridgehead atoms. The topological polar surface area (TPSA) is 43.9 Å². The van der Waals surface area contributed by atoms with Crippen molar-refractivity contribution in [1.29, 1.82) is 0 Å². The first-order chi connectivity index (χ1) is 21.1. The van der Waals surface area contributed by atoms with Crippen LogP contribution in [0.3, 0.4) is 0 Å². The fourth-order valence-corrected chi connectivity index (χ4v) is 6.83. The van der Waals surface area contributed by atoms with Gasteiger partial charge in [-0.2, -0.15) is 26.3 Å². The SMILES string of the molecule is C=CC[C@H](c1cc(C(F)(F)F)cc(C(F)(F)F)c1)N(C)C(=O)N1CCN2C(=O)C(CC=C)(CC=C)C[C@H]2[C@@H]1c1ccccc1C. The van der Waals surface area contributed by atoms with Gasteiger partial charge in [0.05, 0.1) is 34.7 Å². The maximum atomic E-state index is 14.4. The van der Waals surface area contributed by atoms with Crippen molar-refractivity contribution < 1.29 is 35.9 Å². The van der Waals surface area contributed by atoms with Crippen LogP contribution in [0.15, 0.2) is 80.4 Å². The van der Waals surface area contributed by atoms with Gasteiger partial charge in [0.15, 0.2) is 0 Å². The van der Waals surface area contributed by atoms with Crippen molar-refractivity contribution in [2.24, 2.45) is 5.41 Å². The molecule has 2 aromatic carbocycles. The van der Waals surface area contributed by atoms with Crippen LogP contribution in [0.4, 0.5) is 31.1 Å². The summed E-state index contributed by atoms with van der Waals surface area (Å²) in [4.78, 5) is 32.8. The van der Waals surface area contributed by atoms with Crippen molar-refractivity contribution in [3.05, 3.63) is 108 Å². The van der Waals surface area contributed by atoms with Gasteiger partial charge in [-0.15, -0.1) is 19.7 Å². The van der Waals surface area contributed by atoms with E-state index in [9.17, 15) is 35.9 Å². The molecule has 0 radical (unpaired) electrons. The van der Waals surface area contributed by atoms with Crippen LogP contribution in [-0.2, 0) is 17.1 Å². The third kappa shape index (κ3) is 6.53. The number of alkyl halides is 6. The lowest BCUT2D eigenvalue weighted by molar-refractivity contribution is -0.143. The van der Waals surface area contributed by atoms with Crippen LogP contribution in [-0.4, -0.2) is 52.8 Å². The molecule has 3 amide bonds. The number of allylic oxidation sites excluding steroid dienone is 2. The number of carbonyl (C=O) groups is 2. The van der Waals surface area contributed by atoms with E-state index in [1.807, 2.05) is 31.2 Å². The van der Waals surface area contributed by atoms with Gasteiger partial charge in [-0.25, -0.2) is 4.79 Å². The summed E-state index contributed by atoms with van der Waals surface area (Å²) in [6, 6.07) is 6.00. The molecule has 2 aromatic rings. The highest BCUT2D eigenvalue weighted by Gasteiger charge is 2.56. The quantitative estimate of drug-likeness (QED) is 0.205. The minimum Gasteiger partial charge on any atom is -0.335 e. The minimum atomic E-state index is -5.04. The lowest BCUT2D eigenvalue weighted by atomic mass is 9.76. The second-order valence-electron chi connectivity index (χ2n) is 11.8. The summed E-state index contributed by atoms with van der Waals surface area (Å²) >= 11 is 0. The van der Waals surface area contributed by atoms with Gasteiger partial charge in [-0.1, -0.05) is 42.5 Å². The lowest BCUT2D eigenvalue weighted by Crippen LogP contribution is -2.57. The molecule has 5 nitrogen and oxygen atoms in total. The highest BCUT2D eigenvalue weighted by atomic mass is 19.4. The van der Waals surface area contributed by atoms with Gasteiger partial charge in [0, 0.05) is 20.1 Å². The summed E-state index contributed by atoms with van der Waals surface area (Å²) in [6.45, 7) is 13.5. The third-order valence-electron chi connectivity index (χ3n) is 8.97. The Balaban J connectivity index is 1.80. The van der Waals surface area contributed by atoms with Crippen LogP contribution in [0, 0.1) is 12.3 Å². The fraction of sp³-hybridized carbons (Fsp3) is 0.412. The van der Waals surface area contributed by atoms with E-state index in [0.29, 0.717) is 31.4 Å². The van der Waals surface area contributed by atoms with Crippen LogP contribution < -0.4 is 0 Å². The summed E-state index contributed by atoms with van der Waals surface area (Å²) in [5.74, 6) is -0.0560. The van der Waals surface area contributed by atoms with E-state index >= 15 is 0 Å². The number of benzene rings is 2. The summed E-state index contributed by atoms with van der Waals surface area (Å²) < 4.78 is 82.3. The number of hydrogen-bond donors (Lipinski definition) is 0. The van der Waals surface area contributed by atoms with Crippen molar-refractivity contribution in [2.75, 3.05) is 20.1 Å². The van der Waals surface area contributed by atoms with Gasteiger partial charge in [0.1, 0.15) is 0 Å². The van der Waals surface area contributed by atoms with Gasteiger partial charge < -0.3 is 14.7 Å². The number of hydrogen-bond acceptors (Lipinski definition) is 2. The predicted octanol–water partition coefficient (Wildman–Crippen LogP) is 8.50. The summed E-state index contributed by atoms with van der Waals surface area (Å²) in [5, 5.41) is 0. The van der Waals surface area contributed by atoms with E-state index in [4.69, 9.17) is 0 Å². The molecule has 2 aliphatic heterocycles. The molecular weight excluding hydrogens is 596 g/mol. The largest absolute Gasteiger partial charge is 0.416 e. The van der Waals surface area contributed by atoms with Crippen LogP contribution in [0.1, 0.15) is 65.6 Å². The average molecular weight is 634 g/mol. The Morgan fingerprint density at radius 1 is 0.978 bits per heavy atom. The summed E-state index contributed by atoms with van der Waals surface area (Å²) in [6.07, 6.45) is -4.19. The van der Waals surface area contributed by atoms with Crippen LogP contribution in [0.2, 0.25) is 0 Å². The van der Waals surface area contributed by atoms with E-state index in [2.05, 4.69) is 19.7 Å². The number of urea groups is 1. The van der Waals surface area contributed by atoms with Crippen LogP contribution in [0.5, 0.6) is 0 Å². The highest BCUT2D eigenvalue weighted by Crippen LogP contribution is 2.50. The number of fused-ring (bicyclic) bond motifs is 1. The lowest BCUT2D eigenvalue weighted by Gasteiger charge is -2.47. The normalized spacial score (nSPS) is 20.4. The zero-order chi connectivity index (χ0) is 33.3. The maximum absolute atomic E-state index is 14.4. The smallest absolute Gasteiger partial charge is 0.335 e. The molecule has 2 saturated heterocycles. The Hall–Kier alpha value is -4.02. The number of amides is 3. The van der Waals surface area contributed by atoms with Gasteiger partial charge in [0.25, 0.3) is 0 Å². The number of nitrogens with zero attached hydrogens (tertiary/aromatic N) is 3. The molecule has 242 valence electrons. The molecule has 0 aliphatic carbocycles. The molecular formula is C34H37F6N3O2. The van der Waals surface area contributed by atoms with Crippen molar-refractivity contribution in [1.82, 2.24) is 14.7 Å². The number of rotatable bonds is 9. The van der Waals surface area contributed by atoms with E-state index in [1.54, 1.807) is 22.0 Å². The second kappa shape index (κ2) is 12.8. The van der Waals surface area contributed by atoms with Crippen molar-refractivity contribution in [2.45, 2.75) is 63.1 Å². The van der Waals surface area contributed by atoms with Crippen LogP contribution in [0.25, 0.3) is 0 Å². The molecule has 4 rings (SSSR count). The molecule has 0 spiro atoms. The Morgan fingerprint density at radius 2 is 1.56 bits per heavy atom. The van der Waals surface area contributed by atoms with Crippen molar-refractivity contribution >= 4 is 11.9 Å². The molecule has 2 heterocycles. The molecule has 11 heteroatoms. The van der Waals surface area contributed by atoms with Crippen molar-refractivity contribution in [3.63, 3.8) is 0 Å². The zero-order valence-electron chi connectivity index (χ0n) is 25.3. The minimum absolute atomic E-state index is 0.0560. The standard InChI is InChI=1S/C34H37F6N3O2/c1-6-11-27(23-18-24(33(35,36)37)20-25(19-23)34(38,39)40)41(5)31(45)43-17-16-42-28(29(43)26-13-10-9-12-22(26)4)21-32(14-7-2,15-8-3)30(42)44/h6-10,12-13,18-20,27-29H,1-3,11,14-17,21H2,4-5H3/t27-,28+,29+/m1/s1. The molecule has 0 unspecified atom stereocenters. The first-order valence-electron chi connectivity index (χ1n) is 14.6. The van der Waals surface area contributed by atoms with E-state index in [-0.39, 0.29) is 37.0 Å². The van der Waals surface area contributed by atoms with Gasteiger partial charge in [-0.05, 0) is 67.5 Å². The number of piperazine rings is 1. The van der Waals surface area contributed by atoms with E-state index < -0.39 is 53.1 Å². The second-order valence-corrected chi connectivity index (χ2v) is 11.8. The fourth-order valence-electron chi connectivity index (χ4n) is 6.83. The zero-order valence-corrected chi connectivity index (χ0v) is 25.3. The maximum Gasteiger partial charge on any atom is 0.416 e. The molecule has 2 fully saturated rings.